The molecular formula is C19H18O. The molecule has 0 N–H and O–H groups in total. The van der Waals surface area contributed by atoms with Crippen LogP contribution in [0.4, 0.5) is 0 Å². The van der Waals surface area contributed by atoms with Crippen molar-refractivity contribution >= 4 is 11.6 Å². The van der Waals surface area contributed by atoms with Crippen LogP contribution < -0.4 is 4.74 Å². The van der Waals surface area contributed by atoms with Crippen LogP contribution in [-0.2, 0) is 0 Å². The fourth-order valence-corrected chi connectivity index (χ4v) is 2.54. The largest absolute Gasteiger partial charge is 0.489 e. The molecule has 1 aliphatic rings. The van der Waals surface area contributed by atoms with E-state index in [9.17, 15) is 0 Å². The number of rotatable bonds is 1. The Morgan fingerprint density at radius 2 is 1.70 bits per heavy atom. The molecule has 2 aromatic rings. The highest BCUT2D eigenvalue weighted by Crippen LogP contribution is 2.32. The molecule has 100 valence electrons. The maximum Gasteiger partial charge on any atom is 0.129 e. The SMILES string of the molecule is CC1=C/COc2c(C)cccc2/C=C\1c1ccccc1. The Balaban J connectivity index is 2.18. The zero-order valence-corrected chi connectivity index (χ0v) is 11.9. The molecule has 0 aromatic heterocycles. The van der Waals surface area contributed by atoms with Crippen LogP contribution in [0.1, 0.15) is 23.6 Å². The van der Waals surface area contributed by atoms with E-state index in [1.54, 1.807) is 0 Å². The Morgan fingerprint density at radius 3 is 2.50 bits per heavy atom. The van der Waals surface area contributed by atoms with E-state index in [1.807, 2.05) is 6.07 Å². The highest BCUT2D eigenvalue weighted by Gasteiger charge is 2.11. The summed E-state index contributed by atoms with van der Waals surface area (Å²) in [6, 6.07) is 16.8. The Kier molecular flexibility index (Phi) is 3.42. The molecule has 3 rings (SSSR count). The van der Waals surface area contributed by atoms with Crippen LogP contribution in [0.5, 0.6) is 5.75 Å². The molecule has 0 atom stereocenters. The third kappa shape index (κ3) is 2.39. The molecule has 1 aliphatic heterocycles. The van der Waals surface area contributed by atoms with Crippen LogP contribution >= 0.6 is 0 Å². The van der Waals surface area contributed by atoms with Gasteiger partial charge < -0.3 is 4.74 Å². The number of allylic oxidation sites excluding steroid dienone is 2. The summed E-state index contributed by atoms with van der Waals surface area (Å²) >= 11 is 0. The fraction of sp³-hybridized carbons (Fsp3) is 0.158. The highest BCUT2D eigenvalue weighted by molar-refractivity contribution is 5.92. The smallest absolute Gasteiger partial charge is 0.129 e. The molecule has 1 heteroatoms. The minimum absolute atomic E-state index is 0.619. The molecule has 1 heterocycles. The number of ether oxygens (including phenoxy) is 1. The second kappa shape index (κ2) is 5.38. The van der Waals surface area contributed by atoms with E-state index >= 15 is 0 Å². The lowest BCUT2D eigenvalue weighted by molar-refractivity contribution is 0.358. The van der Waals surface area contributed by atoms with E-state index in [0.717, 1.165) is 11.3 Å². The number of hydrogen-bond donors (Lipinski definition) is 0. The van der Waals surface area contributed by atoms with Crippen LogP contribution in [-0.4, -0.2) is 6.61 Å². The van der Waals surface area contributed by atoms with E-state index < -0.39 is 0 Å². The average molecular weight is 262 g/mol. The number of hydrogen-bond acceptors (Lipinski definition) is 1. The maximum atomic E-state index is 5.89. The number of aryl methyl sites for hydroxylation is 1. The fourth-order valence-electron chi connectivity index (χ4n) is 2.54. The highest BCUT2D eigenvalue weighted by atomic mass is 16.5. The van der Waals surface area contributed by atoms with Gasteiger partial charge in [0.25, 0.3) is 0 Å². The monoisotopic (exact) mass is 262 g/mol. The van der Waals surface area contributed by atoms with Gasteiger partial charge >= 0.3 is 0 Å². The van der Waals surface area contributed by atoms with Gasteiger partial charge in [-0.3, -0.25) is 0 Å². The molecule has 0 aliphatic carbocycles. The van der Waals surface area contributed by atoms with Crippen molar-refractivity contribution < 1.29 is 4.74 Å². The van der Waals surface area contributed by atoms with Gasteiger partial charge in [-0.15, -0.1) is 0 Å². The number of para-hydroxylation sites is 1. The third-order valence-electron chi connectivity index (χ3n) is 3.67. The van der Waals surface area contributed by atoms with Crippen molar-refractivity contribution in [3.8, 4) is 5.75 Å². The van der Waals surface area contributed by atoms with Gasteiger partial charge in [-0.25, -0.2) is 0 Å². The van der Waals surface area contributed by atoms with E-state index in [0.29, 0.717) is 6.61 Å². The lowest BCUT2D eigenvalue weighted by Gasteiger charge is -2.17. The minimum Gasteiger partial charge on any atom is -0.489 e. The summed E-state index contributed by atoms with van der Waals surface area (Å²) in [4.78, 5) is 0. The predicted molar refractivity (Wildman–Crippen MR) is 84.7 cm³/mol. The summed E-state index contributed by atoms with van der Waals surface area (Å²) in [6.45, 7) is 4.85. The van der Waals surface area contributed by atoms with Crippen molar-refractivity contribution in [2.75, 3.05) is 6.61 Å². The normalized spacial score (nSPS) is 19.5. The van der Waals surface area contributed by atoms with E-state index in [1.165, 1.54) is 22.3 Å². The molecule has 0 radical (unpaired) electrons. The predicted octanol–water partition coefficient (Wildman–Crippen LogP) is 4.87. The van der Waals surface area contributed by atoms with Gasteiger partial charge in [-0.1, -0.05) is 48.5 Å². The van der Waals surface area contributed by atoms with Crippen molar-refractivity contribution in [3.05, 3.63) is 76.9 Å². The van der Waals surface area contributed by atoms with Crippen LogP contribution in [0.15, 0.2) is 60.2 Å². The minimum atomic E-state index is 0.619. The summed E-state index contributed by atoms with van der Waals surface area (Å²) in [5.74, 6) is 0.990. The van der Waals surface area contributed by atoms with Gasteiger partial charge in [0.2, 0.25) is 0 Å². The lowest BCUT2D eigenvalue weighted by atomic mass is 9.95. The van der Waals surface area contributed by atoms with Gasteiger partial charge in [-0.2, -0.15) is 0 Å². The van der Waals surface area contributed by atoms with Gasteiger partial charge in [0.05, 0.1) is 0 Å². The third-order valence-corrected chi connectivity index (χ3v) is 3.67. The molecule has 0 amide bonds. The first kappa shape index (κ1) is 12.7. The second-order valence-corrected chi connectivity index (χ2v) is 5.12. The van der Waals surface area contributed by atoms with Crippen LogP contribution in [0.25, 0.3) is 11.6 Å². The lowest BCUT2D eigenvalue weighted by Crippen LogP contribution is -2.02. The van der Waals surface area contributed by atoms with Crippen molar-refractivity contribution in [1.29, 1.82) is 0 Å². The topological polar surface area (TPSA) is 9.23 Å². The van der Waals surface area contributed by atoms with Crippen molar-refractivity contribution in [3.63, 3.8) is 0 Å². The van der Waals surface area contributed by atoms with E-state index in [2.05, 4.69) is 68.5 Å². The Morgan fingerprint density at radius 1 is 0.900 bits per heavy atom. The van der Waals surface area contributed by atoms with Gasteiger partial charge in [0, 0.05) is 5.56 Å². The molecule has 0 saturated carbocycles. The van der Waals surface area contributed by atoms with E-state index in [-0.39, 0.29) is 0 Å². The molecule has 0 spiro atoms. The number of fused-ring (bicyclic) bond motifs is 1. The number of benzene rings is 2. The summed E-state index contributed by atoms with van der Waals surface area (Å²) in [6.07, 6.45) is 4.37. The first-order valence-corrected chi connectivity index (χ1v) is 6.92. The average Bonchev–Trinajstić information content (AvgIpc) is 2.46. The Bertz CT molecular complexity index is 678. The van der Waals surface area contributed by atoms with E-state index in [4.69, 9.17) is 4.74 Å². The maximum absolute atomic E-state index is 5.89. The standard InChI is InChI=1S/C19H18O/c1-14-11-12-20-19-15(2)7-6-10-17(19)13-18(14)16-8-4-3-5-9-16/h3-11,13H,12H2,1-2H3/b14-11-,18-13+. The molecule has 0 unspecified atom stereocenters. The van der Waals surface area contributed by atoms with Crippen LogP contribution in [0.2, 0.25) is 0 Å². The summed E-state index contributed by atoms with van der Waals surface area (Å²) in [5, 5.41) is 0. The van der Waals surface area contributed by atoms with Crippen LogP contribution in [0, 0.1) is 6.92 Å². The molecule has 2 aromatic carbocycles. The molecule has 0 fully saturated rings. The first-order valence-electron chi connectivity index (χ1n) is 6.92. The Labute approximate surface area is 120 Å². The summed E-state index contributed by atoms with van der Waals surface area (Å²) in [5.41, 5.74) is 6.09. The molecular weight excluding hydrogens is 244 g/mol. The summed E-state index contributed by atoms with van der Waals surface area (Å²) in [7, 11) is 0. The Hall–Kier alpha value is -2.28. The summed E-state index contributed by atoms with van der Waals surface area (Å²) < 4.78 is 5.89. The van der Waals surface area contributed by atoms with Gasteiger partial charge in [0.1, 0.15) is 12.4 Å². The van der Waals surface area contributed by atoms with Gasteiger partial charge in [0.15, 0.2) is 0 Å². The second-order valence-electron chi connectivity index (χ2n) is 5.12. The van der Waals surface area contributed by atoms with Gasteiger partial charge in [-0.05, 0) is 48.3 Å². The zero-order valence-electron chi connectivity index (χ0n) is 11.9. The molecule has 0 saturated heterocycles. The van der Waals surface area contributed by atoms with Crippen molar-refractivity contribution in [2.45, 2.75) is 13.8 Å². The van der Waals surface area contributed by atoms with Crippen molar-refractivity contribution in [2.24, 2.45) is 0 Å². The first-order chi connectivity index (χ1) is 9.75. The molecule has 0 bridgehead atoms. The van der Waals surface area contributed by atoms with Crippen molar-refractivity contribution in [1.82, 2.24) is 0 Å². The molecule has 1 nitrogen and oxygen atoms in total. The van der Waals surface area contributed by atoms with Crippen LogP contribution in [0.3, 0.4) is 0 Å². The molecule has 20 heavy (non-hydrogen) atoms. The quantitative estimate of drug-likeness (QED) is 0.712. The zero-order chi connectivity index (χ0) is 13.9.